The third-order valence-electron chi connectivity index (χ3n) is 5.06. The van der Waals surface area contributed by atoms with Crippen molar-refractivity contribution in [1.29, 1.82) is 0 Å². The van der Waals surface area contributed by atoms with Crippen molar-refractivity contribution in [2.45, 2.75) is 13.3 Å². The highest BCUT2D eigenvalue weighted by Crippen LogP contribution is 2.32. The SMILES string of the molecule is CCOC1=CC=C2NN=C(c3ccnc(N4CCN(C)CC4)c3)C2C1. The Kier molecular flexibility index (Phi) is 4.44. The first-order valence-electron chi connectivity index (χ1n) is 9.01. The summed E-state index contributed by atoms with van der Waals surface area (Å²) in [5, 5.41) is 4.60. The molecular formula is C19H25N5O. The van der Waals surface area contributed by atoms with E-state index < -0.39 is 0 Å². The number of piperazine rings is 1. The Morgan fingerprint density at radius 3 is 2.88 bits per heavy atom. The normalized spacial score (nSPS) is 23.4. The van der Waals surface area contributed by atoms with Gasteiger partial charge < -0.3 is 14.5 Å². The highest BCUT2D eigenvalue weighted by molar-refractivity contribution is 6.05. The van der Waals surface area contributed by atoms with Crippen molar-refractivity contribution < 1.29 is 4.74 Å². The van der Waals surface area contributed by atoms with E-state index in [0.717, 1.165) is 61.1 Å². The van der Waals surface area contributed by atoms with Crippen molar-refractivity contribution in [2.75, 3.05) is 44.7 Å². The molecule has 6 heteroatoms. The molecule has 0 spiro atoms. The second-order valence-corrected chi connectivity index (χ2v) is 6.75. The van der Waals surface area contributed by atoms with E-state index in [1.165, 1.54) is 0 Å². The number of hydrogen-bond acceptors (Lipinski definition) is 6. The van der Waals surface area contributed by atoms with Crippen LogP contribution in [0.1, 0.15) is 18.9 Å². The van der Waals surface area contributed by atoms with E-state index in [4.69, 9.17) is 4.74 Å². The van der Waals surface area contributed by atoms with Gasteiger partial charge in [-0.15, -0.1) is 0 Å². The van der Waals surface area contributed by atoms with Gasteiger partial charge in [-0.05, 0) is 38.3 Å². The molecule has 1 saturated heterocycles. The minimum Gasteiger partial charge on any atom is -0.498 e. The second-order valence-electron chi connectivity index (χ2n) is 6.75. The summed E-state index contributed by atoms with van der Waals surface area (Å²) in [5.74, 6) is 2.32. The van der Waals surface area contributed by atoms with E-state index in [0.29, 0.717) is 6.61 Å². The number of hydrogen-bond donors (Lipinski definition) is 1. The van der Waals surface area contributed by atoms with Gasteiger partial charge >= 0.3 is 0 Å². The van der Waals surface area contributed by atoms with Crippen molar-refractivity contribution in [3.05, 3.63) is 47.5 Å². The van der Waals surface area contributed by atoms with Gasteiger partial charge in [0.1, 0.15) is 5.82 Å². The summed E-state index contributed by atoms with van der Waals surface area (Å²) in [7, 11) is 2.17. The summed E-state index contributed by atoms with van der Waals surface area (Å²) in [6.45, 7) is 6.91. The van der Waals surface area contributed by atoms with Gasteiger partial charge in [-0.2, -0.15) is 5.10 Å². The average Bonchev–Trinajstić information content (AvgIpc) is 3.06. The van der Waals surface area contributed by atoms with Crippen molar-refractivity contribution >= 4 is 11.5 Å². The summed E-state index contributed by atoms with van der Waals surface area (Å²) in [6, 6.07) is 4.23. The fraction of sp³-hybridized carbons (Fsp3) is 0.474. The van der Waals surface area contributed by atoms with E-state index in [9.17, 15) is 0 Å². The van der Waals surface area contributed by atoms with E-state index in [-0.39, 0.29) is 5.92 Å². The van der Waals surface area contributed by atoms with Crippen LogP contribution in [0.3, 0.4) is 0 Å². The Morgan fingerprint density at radius 1 is 1.24 bits per heavy atom. The Balaban J connectivity index is 1.54. The second kappa shape index (κ2) is 6.88. The number of ether oxygens (including phenoxy) is 1. The van der Waals surface area contributed by atoms with Gasteiger partial charge in [0.05, 0.1) is 24.0 Å². The number of nitrogens with one attached hydrogen (secondary N) is 1. The lowest BCUT2D eigenvalue weighted by molar-refractivity contribution is 0.213. The smallest absolute Gasteiger partial charge is 0.129 e. The molecule has 1 unspecified atom stereocenters. The number of hydrazone groups is 1. The van der Waals surface area contributed by atoms with Crippen LogP contribution in [0.25, 0.3) is 0 Å². The lowest BCUT2D eigenvalue weighted by Gasteiger charge is -2.33. The zero-order valence-corrected chi connectivity index (χ0v) is 14.9. The van der Waals surface area contributed by atoms with Gasteiger partial charge in [-0.3, -0.25) is 5.43 Å². The molecule has 0 amide bonds. The monoisotopic (exact) mass is 339 g/mol. The topological polar surface area (TPSA) is 53.0 Å². The molecule has 1 fully saturated rings. The number of allylic oxidation sites excluding steroid dienone is 4. The van der Waals surface area contributed by atoms with Gasteiger partial charge in [-0.25, -0.2) is 4.98 Å². The molecule has 25 heavy (non-hydrogen) atoms. The van der Waals surface area contributed by atoms with Gasteiger partial charge in [0.15, 0.2) is 0 Å². The van der Waals surface area contributed by atoms with Crippen LogP contribution in [0.5, 0.6) is 0 Å². The third-order valence-corrected chi connectivity index (χ3v) is 5.06. The van der Waals surface area contributed by atoms with E-state index in [2.05, 4.69) is 50.6 Å². The fourth-order valence-corrected chi connectivity index (χ4v) is 3.58. The predicted octanol–water partition coefficient (Wildman–Crippen LogP) is 1.96. The van der Waals surface area contributed by atoms with E-state index in [1.54, 1.807) is 0 Å². The molecule has 132 valence electrons. The molecule has 0 bridgehead atoms. The van der Waals surface area contributed by atoms with Crippen LogP contribution in [-0.4, -0.2) is 55.4 Å². The number of fused-ring (bicyclic) bond motifs is 1. The maximum Gasteiger partial charge on any atom is 0.129 e. The molecule has 1 aromatic heterocycles. The molecule has 4 rings (SSSR count). The first-order chi connectivity index (χ1) is 12.2. The minimum absolute atomic E-state index is 0.245. The van der Waals surface area contributed by atoms with Crippen LogP contribution in [0, 0.1) is 5.92 Å². The molecule has 1 N–H and O–H groups in total. The summed E-state index contributed by atoms with van der Waals surface area (Å²) < 4.78 is 5.71. The number of rotatable bonds is 4. The summed E-state index contributed by atoms with van der Waals surface area (Å²) >= 11 is 0. The Bertz CT molecular complexity index is 731. The number of likely N-dealkylation sites (N-methyl/N-ethyl adjacent to an activating group) is 1. The molecule has 0 radical (unpaired) electrons. The van der Waals surface area contributed by atoms with Gasteiger partial charge in [-0.1, -0.05) is 0 Å². The Labute approximate surface area is 148 Å². The number of anilines is 1. The van der Waals surface area contributed by atoms with Gasteiger partial charge in [0.25, 0.3) is 0 Å². The molecule has 0 saturated carbocycles. The third kappa shape index (κ3) is 3.26. The van der Waals surface area contributed by atoms with Crippen molar-refractivity contribution in [2.24, 2.45) is 11.0 Å². The molecule has 3 aliphatic rings. The average molecular weight is 339 g/mol. The summed E-state index contributed by atoms with van der Waals surface area (Å²) in [5.41, 5.74) is 6.55. The molecule has 1 aliphatic carbocycles. The fourth-order valence-electron chi connectivity index (χ4n) is 3.58. The van der Waals surface area contributed by atoms with Crippen LogP contribution in [-0.2, 0) is 4.74 Å². The van der Waals surface area contributed by atoms with Crippen molar-refractivity contribution in [3.8, 4) is 0 Å². The van der Waals surface area contributed by atoms with Crippen molar-refractivity contribution in [1.82, 2.24) is 15.3 Å². The first-order valence-corrected chi connectivity index (χ1v) is 9.01. The zero-order chi connectivity index (χ0) is 17.2. The molecule has 0 aromatic carbocycles. The lowest BCUT2D eigenvalue weighted by atomic mass is 9.88. The molecule has 1 aromatic rings. The maximum absolute atomic E-state index is 5.71. The highest BCUT2D eigenvalue weighted by atomic mass is 16.5. The molecule has 3 heterocycles. The van der Waals surface area contributed by atoms with E-state index in [1.807, 2.05) is 19.2 Å². The van der Waals surface area contributed by atoms with Crippen LogP contribution in [0.15, 0.2) is 47.0 Å². The van der Waals surface area contributed by atoms with Crippen LogP contribution < -0.4 is 10.3 Å². The van der Waals surface area contributed by atoms with E-state index >= 15 is 0 Å². The predicted molar refractivity (Wildman–Crippen MR) is 99.5 cm³/mol. The first kappa shape index (κ1) is 16.1. The zero-order valence-electron chi connectivity index (χ0n) is 14.9. The number of aromatic nitrogens is 1. The minimum atomic E-state index is 0.245. The quantitative estimate of drug-likeness (QED) is 0.909. The van der Waals surface area contributed by atoms with Crippen molar-refractivity contribution in [3.63, 3.8) is 0 Å². The van der Waals surface area contributed by atoms with Gasteiger partial charge in [0.2, 0.25) is 0 Å². The lowest BCUT2D eigenvalue weighted by Crippen LogP contribution is -2.44. The largest absolute Gasteiger partial charge is 0.498 e. The number of pyridine rings is 1. The maximum atomic E-state index is 5.71. The van der Waals surface area contributed by atoms with Crippen LogP contribution in [0.2, 0.25) is 0 Å². The molecular weight excluding hydrogens is 314 g/mol. The standard InChI is InChI=1S/C19H25N5O/c1-3-25-15-4-5-17-16(13-15)19(22-21-17)14-6-7-20-18(12-14)24-10-8-23(2)9-11-24/h4-7,12,16,21H,3,8-11,13H2,1-2H3. The Hall–Kier alpha value is -2.34. The van der Waals surface area contributed by atoms with Crippen LogP contribution >= 0.6 is 0 Å². The molecule has 1 atom stereocenters. The highest BCUT2D eigenvalue weighted by Gasteiger charge is 2.31. The number of nitrogens with zero attached hydrogens (tertiary/aromatic N) is 4. The summed E-state index contributed by atoms with van der Waals surface area (Å²) in [4.78, 5) is 9.30. The van der Waals surface area contributed by atoms with Crippen LogP contribution in [0.4, 0.5) is 5.82 Å². The molecule has 6 nitrogen and oxygen atoms in total. The Morgan fingerprint density at radius 2 is 2.08 bits per heavy atom. The summed E-state index contributed by atoms with van der Waals surface area (Å²) in [6.07, 6.45) is 6.88. The van der Waals surface area contributed by atoms with Gasteiger partial charge in [0, 0.05) is 50.1 Å². The molecule has 2 aliphatic heterocycles.